The van der Waals surface area contributed by atoms with Crippen LogP contribution in [0, 0.1) is 0 Å². The fraction of sp³-hybridized carbons (Fsp3) is 0.214. The molecule has 0 radical (unpaired) electrons. The Morgan fingerprint density at radius 1 is 1.45 bits per heavy atom. The van der Waals surface area contributed by atoms with Crippen LogP contribution in [0.25, 0.3) is 0 Å². The predicted octanol–water partition coefficient (Wildman–Crippen LogP) is 3.52. The molecule has 2 rings (SSSR count). The molecule has 1 aromatic heterocycles. The van der Waals surface area contributed by atoms with Crippen molar-refractivity contribution in [2.75, 3.05) is 11.4 Å². The number of hydrogen-bond donors (Lipinski definition) is 2. The molecular weight excluding hydrogens is 294 g/mol. The normalized spacial score (nSPS) is 11.6. The predicted molar refractivity (Wildman–Crippen MR) is 85.0 cm³/mol. The van der Waals surface area contributed by atoms with Gasteiger partial charge in [0, 0.05) is 27.7 Å². The SMILES string of the molecule is CCN(Cc1cccs1)c1ccc(Cl)cc1C(N)=NO. The zero-order chi connectivity index (χ0) is 14.5. The molecule has 0 aliphatic carbocycles. The standard InChI is InChI=1S/C14H16ClN3OS/c1-2-18(9-11-4-3-7-20-11)13-6-5-10(15)8-12(13)14(16)17-19/h3-8,19H,2,9H2,1H3,(H2,16,17). The van der Waals surface area contributed by atoms with E-state index in [2.05, 4.69) is 28.4 Å². The Morgan fingerprint density at radius 2 is 2.25 bits per heavy atom. The van der Waals surface area contributed by atoms with Gasteiger partial charge in [-0.2, -0.15) is 0 Å². The van der Waals surface area contributed by atoms with Crippen LogP contribution in [-0.2, 0) is 6.54 Å². The van der Waals surface area contributed by atoms with Gasteiger partial charge in [-0.25, -0.2) is 0 Å². The van der Waals surface area contributed by atoms with Crippen LogP contribution < -0.4 is 10.6 Å². The van der Waals surface area contributed by atoms with Crippen LogP contribution in [0.2, 0.25) is 5.02 Å². The van der Waals surface area contributed by atoms with Crippen molar-refractivity contribution in [3.63, 3.8) is 0 Å². The average Bonchev–Trinajstić information content (AvgIpc) is 2.97. The lowest BCUT2D eigenvalue weighted by atomic mass is 10.1. The van der Waals surface area contributed by atoms with Crippen molar-refractivity contribution >= 4 is 34.5 Å². The fourth-order valence-corrected chi connectivity index (χ4v) is 2.89. The summed E-state index contributed by atoms with van der Waals surface area (Å²) in [5.74, 6) is 0.0622. The van der Waals surface area contributed by atoms with Crippen molar-refractivity contribution in [3.8, 4) is 0 Å². The monoisotopic (exact) mass is 309 g/mol. The Bertz CT molecular complexity index is 598. The molecule has 0 saturated carbocycles. The van der Waals surface area contributed by atoms with Crippen molar-refractivity contribution in [1.82, 2.24) is 0 Å². The lowest BCUT2D eigenvalue weighted by molar-refractivity contribution is 0.318. The van der Waals surface area contributed by atoms with E-state index in [0.29, 0.717) is 10.6 Å². The molecule has 1 heterocycles. The van der Waals surface area contributed by atoms with Gasteiger partial charge < -0.3 is 15.8 Å². The molecule has 0 aliphatic heterocycles. The number of oxime groups is 1. The molecule has 0 atom stereocenters. The van der Waals surface area contributed by atoms with Crippen molar-refractivity contribution in [3.05, 3.63) is 51.2 Å². The van der Waals surface area contributed by atoms with Crippen molar-refractivity contribution in [2.24, 2.45) is 10.9 Å². The second-order valence-electron chi connectivity index (χ2n) is 4.24. The topological polar surface area (TPSA) is 61.8 Å². The molecule has 0 amide bonds. The highest BCUT2D eigenvalue weighted by molar-refractivity contribution is 7.09. The summed E-state index contributed by atoms with van der Waals surface area (Å²) < 4.78 is 0. The van der Waals surface area contributed by atoms with Gasteiger partial charge in [0.25, 0.3) is 0 Å². The molecule has 0 bridgehead atoms. The molecule has 0 saturated heterocycles. The molecule has 4 nitrogen and oxygen atoms in total. The summed E-state index contributed by atoms with van der Waals surface area (Å²) in [4.78, 5) is 3.42. The highest BCUT2D eigenvalue weighted by Crippen LogP contribution is 2.26. The van der Waals surface area contributed by atoms with Crippen LogP contribution in [0.4, 0.5) is 5.69 Å². The number of benzene rings is 1. The smallest absolute Gasteiger partial charge is 0.172 e. The first kappa shape index (κ1) is 14.7. The summed E-state index contributed by atoms with van der Waals surface area (Å²) in [6.45, 7) is 3.66. The number of nitrogens with zero attached hydrogens (tertiary/aromatic N) is 2. The van der Waals surface area contributed by atoms with E-state index in [9.17, 15) is 0 Å². The third-order valence-electron chi connectivity index (χ3n) is 2.99. The molecule has 0 aliphatic rings. The number of amidine groups is 1. The largest absolute Gasteiger partial charge is 0.409 e. The number of nitrogens with two attached hydrogens (primary N) is 1. The van der Waals surface area contributed by atoms with E-state index in [0.717, 1.165) is 18.8 Å². The first-order valence-corrected chi connectivity index (χ1v) is 7.46. The highest BCUT2D eigenvalue weighted by Gasteiger charge is 2.14. The summed E-state index contributed by atoms with van der Waals surface area (Å²) in [5, 5.41) is 14.6. The third-order valence-corrected chi connectivity index (χ3v) is 4.09. The summed E-state index contributed by atoms with van der Waals surface area (Å²) in [7, 11) is 0. The Balaban J connectivity index is 2.38. The van der Waals surface area contributed by atoms with Gasteiger partial charge in [0.15, 0.2) is 5.84 Å². The Labute approximate surface area is 127 Å². The van der Waals surface area contributed by atoms with Gasteiger partial charge in [0.05, 0.1) is 6.54 Å². The fourth-order valence-electron chi connectivity index (χ4n) is 2.00. The van der Waals surface area contributed by atoms with Crippen LogP contribution in [0.15, 0.2) is 40.9 Å². The van der Waals surface area contributed by atoms with E-state index in [1.54, 1.807) is 17.4 Å². The van der Waals surface area contributed by atoms with Crippen molar-refractivity contribution < 1.29 is 5.21 Å². The Hall–Kier alpha value is -1.72. The third kappa shape index (κ3) is 3.23. The van der Waals surface area contributed by atoms with E-state index >= 15 is 0 Å². The summed E-state index contributed by atoms with van der Waals surface area (Å²) in [5.41, 5.74) is 7.29. The summed E-state index contributed by atoms with van der Waals surface area (Å²) >= 11 is 7.71. The van der Waals surface area contributed by atoms with E-state index in [1.807, 2.05) is 18.2 Å². The number of thiophene rings is 1. The molecule has 1 aromatic carbocycles. The second kappa shape index (κ2) is 6.63. The van der Waals surface area contributed by atoms with Crippen LogP contribution in [-0.4, -0.2) is 17.6 Å². The first-order valence-electron chi connectivity index (χ1n) is 6.20. The quantitative estimate of drug-likeness (QED) is 0.384. The minimum atomic E-state index is 0.0622. The van der Waals surface area contributed by atoms with Gasteiger partial charge in [0.1, 0.15) is 0 Å². The van der Waals surface area contributed by atoms with E-state index in [4.69, 9.17) is 22.5 Å². The second-order valence-corrected chi connectivity index (χ2v) is 5.71. The van der Waals surface area contributed by atoms with Crippen LogP contribution in [0.3, 0.4) is 0 Å². The van der Waals surface area contributed by atoms with Crippen LogP contribution in [0.1, 0.15) is 17.4 Å². The number of hydrogen-bond acceptors (Lipinski definition) is 4. The summed E-state index contributed by atoms with van der Waals surface area (Å²) in [6.07, 6.45) is 0. The van der Waals surface area contributed by atoms with Crippen LogP contribution >= 0.6 is 22.9 Å². The summed E-state index contributed by atoms with van der Waals surface area (Å²) in [6, 6.07) is 9.53. The van der Waals surface area contributed by atoms with E-state index in [-0.39, 0.29) is 5.84 Å². The average molecular weight is 310 g/mol. The Kier molecular flexibility index (Phi) is 4.87. The molecule has 106 valence electrons. The van der Waals surface area contributed by atoms with Gasteiger partial charge in [-0.15, -0.1) is 11.3 Å². The van der Waals surface area contributed by atoms with Crippen molar-refractivity contribution in [2.45, 2.75) is 13.5 Å². The van der Waals surface area contributed by atoms with E-state index in [1.165, 1.54) is 4.88 Å². The van der Waals surface area contributed by atoms with Gasteiger partial charge in [-0.3, -0.25) is 0 Å². The number of anilines is 1. The molecule has 0 fully saturated rings. The van der Waals surface area contributed by atoms with Gasteiger partial charge in [-0.05, 0) is 36.6 Å². The highest BCUT2D eigenvalue weighted by atomic mass is 35.5. The maximum Gasteiger partial charge on any atom is 0.172 e. The maximum absolute atomic E-state index is 8.92. The number of halogens is 1. The molecule has 3 N–H and O–H groups in total. The van der Waals surface area contributed by atoms with Crippen molar-refractivity contribution in [1.29, 1.82) is 0 Å². The molecule has 20 heavy (non-hydrogen) atoms. The zero-order valence-corrected chi connectivity index (χ0v) is 12.7. The lowest BCUT2D eigenvalue weighted by Crippen LogP contribution is -2.25. The van der Waals surface area contributed by atoms with E-state index < -0.39 is 0 Å². The van der Waals surface area contributed by atoms with Crippen LogP contribution in [0.5, 0.6) is 0 Å². The minimum Gasteiger partial charge on any atom is -0.409 e. The molecule has 0 unspecified atom stereocenters. The Morgan fingerprint density at radius 3 is 2.85 bits per heavy atom. The molecule has 2 aromatic rings. The lowest BCUT2D eigenvalue weighted by Gasteiger charge is -2.25. The zero-order valence-electron chi connectivity index (χ0n) is 11.1. The maximum atomic E-state index is 8.92. The van der Waals surface area contributed by atoms with Gasteiger partial charge in [0.2, 0.25) is 0 Å². The molecule has 6 heteroatoms. The van der Waals surface area contributed by atoms with Gasteiger partial charge in [-0.1, -0.05) is 22.8 Å². The number of rotatable bonds is 5. The van der Waals surface area contributed by atoms with Gasteiger partial charge >= 0.3 is 0 Å². The molecule has 0 spiro atoms. The first-order chi connectivity index (χ1) is 9.65. The minimum absolute atomic E-state index is 0.0622. The molecular formula is C14H16ClN3OS.